The lowest BCUT2D eigenvalue weighted by Crippen LogP contribution is -2.29. The molecule has 1 amide bonds. The zero-order chi connectivity index (χ0) is 11.3. The minimum Gasteiger partial charge on any atom is -0.348 e. The van der Waals surface area contributed by atoms with Gasteiger partial charge < -0.3 is 10.6 Å². The molecule has 0 radical (unpaired) electrons. The Hall–Kier alpha value is -0.940. The number of nitrogens with zero attached hydrogens (tertiary/aromatic N) is 1. The molecular formula is C10H17N3OS. The average molecular weight is 227 g/mol. The number of nitrogens with one attached hydrogen (secondary N) is 2. The average Bonchev–Trinajstić information content (AvgIpc) is 2.61. The van der Waals surface area contributed by atoms with Gasteiger partial charge in [-0.15, -0.1) is 11.3 Å². The summed E-state index contributed by atoms with van der Waals surface area (Å²) in [6.45, 7) is 4.62. The van der Waals surface area contributed by atoms with Crippen molar-refractivity contribution >= 4 is 17.2 Å². The van der Waals surface area contributed by atoms with Crippen LogP contribution in [0.5, 0.6) is 0 Å². The highest BCUT2D eigenvalue weighted by molar-refractivity contribution is 7.09. The molecule has 1 heterocycles. The molecule has 1 aromatic heterocycles. The normalized spacial score (nSPS) is 12.5. The molecule has 5 heteroatoms. The lowest BCUT2D eigenvalue weighted by atomic mass is 10.2. The minimum atomic E-state index is -0.000642. The van der Waals surface area contributed by atoms with E-state index in [4.69, 9.17) is 0 Å². The summed E-state index contributed by atoms with van der Waals surface area (Å²) in [6.07, 6.45) is 0.504. The number of carbonyl (C=O) groups excluding carboxylic acids is 1. The number of hydrogen-bond donors (Lipinski definition) is 2. The molecule has 0 aliphatic heterocycles. The Labute approximate surface area is 94.1 Å². The second-order valence-electron chi connectivity index (χ2n) is 3.43. The Bertz CT molecular complexity index is 324. The molecule has 0 saturated carbocycles. The van der Waals surface area contributed by atoms with E-state index in [2.05, 4.69) is 15.6 Å². The first-order valence-electron chi connectivity index (χ1n) is 4.99. The highest BCUT2D eigenvalue weighted by atomic mass is 32.1. The molecule has 4 nitrogen and oxygen atoms in total. The molecule has 0 fully saturated rings. The second kappa shape index (κ2) is 5.82. The molecule has 0 spiro atoms. The van der Waals surface area contributed by atoms with Crippen LogP contribution in [0.4, 0.5) is 0 Å². The van der Waals surface area contributed by atoms with Crippen LogP contribution in [-0.2, 0) is 4.79 Å². The number of aryl methyl sites for hydroxylation is 1. The van der Waals surface area contributed by atoms with Crippen LogP contribution in [-0.4, -0.2) is 24.5 Å². The summed E-state index contributed by atoms with van der Waals surface area (Å²) in [5.74, 6) is 0.0579. The molecule has 84 valence electrons. The Morgan fingerprint density at radius 3 is 2.93 bits per heavy atom. The summed E-state index contributed by atoms with van der Waals surface area (Å²) in [6, 6.07) is -0.000642. The molecular weight excluding hydrogens is 210 g/mol. The molecule has 15 heavy (non-hydrogen) atoms. The zero-order valence-corrected chi connectivity index (χ0v) is 10.1. The Kier molecular flexibility index (Phi) is 4.71. The summed E-state index contributed by atoms with van der Waals surface area (Å²) >= 11 is 1.60. The summed E-state index contributed by atoms with van der Waals surface area (Å²) in [5, 5.41) is 8.86. The highest BCUT2D eigenvalue weighted by Crippen LogP contribution is 2.15. The van der Waals surface area contributed by atoms with Crippen LogP contribution in [0.1, 0.15) is 30.1 Å². The molecule has 1 unspecified atom stereocenters. The van der Waals surface area contributed by atoms with Crippen molar-refractivity contribution in [3.63, 3.8) is 0 Å². The number of aromatic nitrogens is 1. The van der Waals surface area contributed by atoms with E-state index >= 15 is 0 Å². The maximum Gasteiger partial charge on any atom is 0.221 e. The van der Waals surface area contributed by atoms with Crippen LogP contribution < -0.4 is 10.6 Å². The number of thiazole rings is 1. The highest BCUT2D eigenvalue weighted by Gasteiger charge is 2.11. The van der Waals surface area contributed by atoms with Gasteiger partial charge in [0.2, 0.25) is 5.91 Å². The molecule has 2 N–H and O–H groups in total. The van der Waals surface area contributed by atoms with Gasteiger partial charge in [-0.3, -0.25) is 4.79 Å². The van der Waals surface area contributed by atoms with Crippen molar-refractivity contribution in [3.8, 4) is 0 Å². The van der Waals surface area contributed by atoms with Gasteiger partial charge >= 0.3 is 0 Å². The maximum absolute atomic E-state index is 11.4. The van der Waals surface area contributed by atoms with E-state index in [9.17, 15) is 4.79 Å². The van der Waals surface area contributed by atoms with E-state index in [0.29, 0.717) is 13.0 Å². The predicted octanol–water partition coefficient (Wildman–Crippen LogP) is 1.24. The van der Waals surface area contributed by atoms with Crippen LogP contribution in [0, 0.1) is 6.92 Å². The van der Waals surface area contributed by atoms with Gasteiger partial charge in [0.25, 0.3) is 0 Å². The van der Waals surface area contributed by atoms with Gasteiger partial charge in [-0.05, 0) is 20.9 Å². The second-order valence-corrected chi connectivity index (χ2v) is 4.50. The first-order chi connectivity index (χ1) is 7.13. The van der Waals surface area contributed by atoms with Crippen LogP contribution >= 0.6 is 11.3 Å². The van der Waals surface area contributed by atoms with Crippen LogP contribution in [0.2, 0.25) is 0 Å². The van der Waals surface area contributed by atoms with Crippen molar-refractivity contribution in [2.75, 3.05) is 13.6 Å². The van der Waals surface area contributed by atoms with Gasteiger partial charge in [-0.2, -0.15) is 0 Å². The van der Waals surface area contributed by atoms with E-state index in [1.807, 2.05) is 26.3 Å². The molecule has 0 aliphatic carbocycles. The lowest BCUT2D eigenvalue weighted by molar-refractivity contribution is -0.121. The zero-order valence-electron chi connectivity index (χ0n) is 9.33. The third kappa shape index (κ3) is 3.97. The van der Waals surface area contributed by atoms with Crippen molar-refractivity contribution in [2.45, 2.75) is 26.3 Å². The Morgan fingerprint density at radius 2 is 2.40 bits per heavy atom. The maximum atomic E-state index is 11.4. The van der Waals surface area contributed by atoms with Crippen molar-refractivity contribution < 1.29 is 4.79 Å². The molecule has 0 aromatic carbocycles. The van der Waals surface area contributed by atoms with Gasteiger partial charge in [0, 0.05) is 18.3 Å². The van der Waals surface area contributed by atoms with Gasteiger partial charge in [-0.25, -0.2) is 4.98 Å². The van der Waals surface area contributed by atoms with Gasteiger partial charge in [-0.1, -0.05) is 0 Å². The van der Waals surface area contributed by atoms with E-state index in [0.717, 1.165) is 10.7 Å². The van der Waals surface area contributed by atoms with Crippen LogP contribution in [0.15, 0.2) is 5.38 Å². The first kappa shape index (κ1) is 12.1. The number of amides is 1. The van der Waals surface area contributed by atoms with E-state index < -0.39 is 0 Å². The van der Waals surface area contributed by atoms with Crippen molar-refractivity contribution in [3.05, 3.63) is 16.1 Å². The third-order valence-electron chi connectivity index (χ3n) is 2.06. The SMILES string of the molecule is CNCCC(=O)NC(C)c1csc(C)n1. The number of carbonyl (C=O) groups is 1. The fourth-order valence-corrected chi connectivity index (χ4v) is 1.91. The number of hydrogen-bond acceptors (Lipinski definition) is 4. The van der Waals surface area contributed by atoms with Crippen molar-refractivity contribution in [1.82, 2.24) is 15.6 Å². The van der Waals surface area contributed by atoms with Crippen molar-refractivity contribution in [2.24, 2.45) is 0 Å². The summed E-state index contributed by atoms with van der Waals surface area (Å²) < 4.78 is 0. The van der Waals surface area contributed by atoms with E-state index in [1.54, 1.807) is 11.3 Å². The first-order valence-corrected chi connectivity index (χ1v) is 5.87. The predicted molar refractivity (Wildman–Crippen MR) is 62.0 cm³/mol. The standard InChI is InChI=1S/C10H17N3OS/c1-7(9-6-15-8(2)13-9)12-10(14)4-5-11-3/h6-7,11H,4-5H2,1-3H3,(H,12,14). The molecule has 0 saturated heterocycles. The van der Waals surface area contributed by atoms with E-state index in [1.165, 1.54) is 0 Å². The smallest absolute Gasteiger partial charge is 0.221 e. The van der Waals surface area contributed by atoms with Gasteiger partial charge in [0.15, 0.2) is 0 Å². The van der Waals surface area contributed by atoms with Crippen LogP contribution in [0.3, 0.4) is 0 Å². The van der Waals surface area contributed by atoms with Gasteiger partial charge in [0.05, 0.1) is 16.7 Å². The number of rotatable bonds is 5. The molecule has 0 aliphatic rings. The third-order valence-corrected chi connectivity index (χ3v) is 2.85. The topological polar surface area (TPSA) is 54.0 Å². The molecule has 1 atom stereocenters. The summed E-state index contributed by atoms with van der Waals surface area (Å²) in [5.41, 5.74) is 0.940. The fraction of sp³-hybridized carbons (Fsp3) is 0.600. The minimum absolute atomic E-state index is 0.000642. The Morgan fingerprint density at radius 1 is 1.67 bits per heavy atom. The summed E-state index contributed by atoms with van der Waals surface area (Å²) in [4.78, 5) is 15.7. The molecule has 1 rings (SSSR count). The van der Waals surface area contributed by atoms with Crippen LogP contribution in [0.25, 0.3) is 0 Å². The van der Waals surface area contributed by atoms with E-state index in [-0.39, 0.29) is 11.9 Å². The monoisotopic (exact) mass is 227 g/mol. The summed E-state index contributed by atoms with van der Waals surface area (Å²) in [7, 11) is 1.83. The fourth-order valence-electron chi connectivity index (χ4n) is 1.21. The lowest BCUT2D eigenvalue weighted by Gasteiger charge is -2.11. The molecule has 1 aromatic rings. The molecule has 0 bridgehead atoms. The quantitative estimate of drug-likeness (QED) is 0.795. The Balaban J connectivity index is 2.41. The van der Waals surface area contributed by atoms with Gasteiger partial charge in [0.1, 0.15) is 0 Å². The van der Waals surface area contributed by atoms with Crippen molar-refractivity contribution in [1.29, 1.82) is 0 Å². The largest absolute Gasteiger partial charge is 0.348 e.